The van der Waals surface area contributed by atoms with Gasteiger partial charge in [-0.1, -0.05) is 25.4 Å². The van der Waals surface area contributed by atoms with Gasteiger partial charge in [0.05, 0.1) is 39.9 Å². The molecule has 226 valence electrons. The number of piperidine rings is 1. The third-order valence-electron chi connectivity index (χ3n) is 8.33. The highest BCUT2D eigenvalue weighted by atomic mass is 35.5. The molecule has 3 atom stereocenters. The molecule has 1 saturated heterocycles. The Balaban J connectivity index is 1.40. The predicted octanol–water partition coefficient (Wildman–Crippen LogP) is 6.44. The van der Waals surface area contributed by atoms with E-state index in [0.717, 1.165) is 28.6 Å². The van der Waals surface area contributed by atoms with Crippen LogP contribution in [0.2, 0.25) is 5.02 Å². The molecule has 0 saturated carbocycles. The molecular weight excluding hydrogens is 583 g/mol. The van der Waals surface area contributed by atoms with Gasteiger partial charge in [0.2, 0.25) is 5.91 Å². The molecule has 0 aliphatic carbocycles. The van der Waals surface area contributed by atoms with Crippen LogP contribution in [0.1, 0.15) is 54.7 Å². The van der Waals surface area contributed by atoms with Crippen molar-refractivity contribution in [2.24, 2.45) is 11.8 Å². The molecule has 9 nitrogen and oxygen atoms in total. The van der Waals surface area contributed by atoms with Crippen LogP contribution < -0.4 is 10.2 Å². The molecule has 2 aromatic heterocycles. The molecule has 2 unspecified atom stereocenters. The van der Waals surface area contributed by atoms with Gasteiger partial charge in [-0.2, -0.15) is 23.4 Å². The number of fused-ring (bicyclic) bond motifs is 4. The Bertz CT molecular complexity index is 1730. The summed E-state index contributed by atoms with van der Waals surface area (Å²) in [6, 6.07) is 7.98. The fraction of sp³-hybridized carbons (Fsp3) is 0.400. The lowest BCUT2D eigenvalue weighted by Gasteiger charge is -2.47. The number of aromatic amines is 1. The van der Waals surface area contributed by atoms with Crippen molar-refractivity contribution in [3.05, 3.63) is 64.3 Å². The number of hydrogen-bond donors (Lipinski definition) is 2. The van der Waals surface area contributed by atoms with Crippen molar-refractivity contribution in [3.63, 3.8) is 0 Å². The number of likely N-dealkylation sites (tertiary alicyclic amines) is 1. The molecule has 0 bridgehead atoms. The van der Waals surface area contributed by atoms with Gasteiger partial charge in [0.1, 0.15) is 5.82 Å². The van der Waals surface area contributed by atoms with Crippen LogP contribution in [0.3, 0.4) is 0 Å². The molecular formula is C30H31ClF3N7O2. The van der Waals surface area contributed by atoms with E-state index in [1.54, 1.807) is 18.1 Å². The number of alkyl halides is 3. The average molecular weight is 614 g/mol. The fourth-order valence-electron chi connectivity index (χ4n) is 6.32. The number of nitrogens with one attached hydrogen (secondary N) is 2. The van der Waals surface area contributed by atoms with Crippen molar-refractivity contribution in [1.29, 1.82) is 0 Å². The lowest BCUT2D eigenvalue weighted by molar-refractivity contribution is -0.137. The summed E-state index contributed by atoms with van der Waals surface area (Å²) in [5.74, 6) is 0.463. The summed E-state index contributed by atoms with van der Waals surface area (Å²) in [6.07, 6.45) is -1.93. The molecule has 2 aliphatic heterocycles. The lowest BCUT2D eigenvalue weighted by Crippen LogP contribution is -2.56. The van der Waals surface area contributed by atoms with Gasteiger partial charge < -0.3 is 10.2 Å². The summed E-state index contributed by atoms with van der Waals surface area (Å²) in [6.45, 7) is 6.10. The second-order valence-electron chi connectivity index (χ2n) is 11.7. The molecule has 2 N–H and O–H groups in total. The van der Waals surface area contributed by atoms with Crippen molar-refractivity contribution in [3.8, 4) is 0 Å². The van der Waals surface area contributed by atoms with Gasteiger partial charge in [-0.05, 0) is 62.1 Å². The Morgan fingerprint density at radius 2 is 1.98 bits per heavy atom. The molecule has 0 spiro atoms. The summed E-state index contributed by atoms with van der Waals surface area (Å²) >= 11 is 5.80. The van der Waals surface area contributed by atoms with Crippen molar-refractivity contribution >= 4 is 51.6 Å². The molecule has 0 radical (unpaired) electrons. The number of carbonyl (C=O) groups excluding carboxylic acids is 2. The normalized spacial score (nSPS) is 20.5. The first-order valence-corrected chi connectivity index (χ1v) is 14.5. The highest BCUT2D eigenvalue weighted by Crippen LogP contribution is 2.45. The third-order valence-corrected chi connectivity index (χ3v) is 8.66. The first kappa shape index (κ1) is 29.0. The van der Waals surface area contributed by atoms with Crippen LogP contribution in [0.25, 0.3) is 10.9 Å². The summed E-state index contributed by atoms with van der Waals surface area (Å²) < 4.78 is 42.4. The van der Waals surface area contributed by atoms with Crippen LogP contribution in [-0.4, -0.2) is 56.3 Å². The van der Waals surface area contributed by atoms with Crippen LogP contribution in [0.15, 0.2) is 42.6 Å². The topological polar surface area (TPSA) is 99.2 Å². The standard InChI is InChI=1S/C30H31ClF3N7O2/c1-15(2)9-18-13-36-41-25-14-39(28(42)17-5-8-23(31)22(11-17)30(32,33)34)16(3)10-21(25)29(43)40(27(18)41)19-6-7-20-24(12-19)37-38-26(20)35-4/h5-8,11-13,15-16,21,25H,9-10,14H2,1-4H3,(H2,35,37,38)/t16-,21?,25?/m0/s1. The molecule has 43 heavy (non-hydrogen) atoms. The summed E-state index contributed by atoms with van der Waals surface area (Å²) in [5.41, 5.74) is 1.16. The summed E-state index contributed by atoms with van der Waals surface area (Å²) in [4.78, 5) is 31.2. The molecule has 2 aromatic carbocycles. The van der Waals surface area contributed by atoms with E-state index >= 15 is 0 Å². The molecule has 13 heteroatoms. The fourth-order valence-corrected chi connectivity index (χ4v) is 6.54. The predicted molar refractivity (Wildman–Crippen MR) is 158 cm³/mol. The lowest BCUT2D eigenvalue weighted by atomic mass is 9.84. The van der Waals surface area contributed by atoms with Gasteiger partial charge in [-0.15, -0.1) is 0 Å². The van der Waals surface area contributed by atoms with Crippen molar-refractivity contribution in [2.45, 2.75) is 51.9 Å². The molecule has 2 amide bonds. The number of hydrogen-bond acceptors (Lipinski definition) is 5. The zero-order valence-corrected chi connectivity index (χ0v) is 24.8. The minimum Gasteiger partial charge on any atom is -0.371 e. The minimum absolute atomic E-state index is 0.110. The van der Waals surface area contributed by atoms with Crippen LogP contribution in [-0.2, 0) is 17.4 Å². The maximum absolute atomic E-state index is 14.3. The summed E-state index contributed by atoms with van der Waals surface area (Å²) in [7, 11) is 1.79. The quantitative estimate of drug-likeness (QED) is 0.270. The first-order valence-electron chi connectivity index (χ1n) is 14.1. The summed E-state index contributed by atoms with van der Waals surface area (Å²) in [5, 5.41) is 15.5. The number of nitrogens with zero attached hydrogens (tertiary/aromatic N) is 5. The maximum Gasteiger partial charge on any atom is 0.417 e. The van der Waals surface area contributed by atoms with Crippen molar-refractivity contribution in [2.75, 3.05) is 23.8 Å². The van der Waals surface area contributed by atoms with Gasteiger partial charge in [0.25, 0.3) is 5.91 Å². The number of H-pyrrole nitrogens is 1. The average Bonchev–Trinajstić information content (AvgIpc) is 3.56. The minimum atomic E-state index is -4.70. The Morgan fingerprint density at radius 1 is 1.21 bits per heavy atom. The molecule has 4 aromatic rings. The van der Waals surface area contributed by atoms with E-state index in [1.165, 1.54) is 11.0 Å². The van der Waals surface area contributed by atoms with E-state index in [0.29, 0.717) is 30.2 Å². The van der Waals surface area contributed by atoms with Gasteiger partial charge in [0.15, 0.2) is 5.82 Å². The molecule has 1 fully saturated rings. The molecule has 6 rings (SSSR count). The van der Waals surface area contributed by atoms with E-state index in [4.69, 9.17) is 16.7 Å². The number of halogens is 4. The monoisotopic (exact) mass is 613 g/mol. The number of rotatable bonds is 5. The Kier molecular flexibility index (Phi) is 7.15. The number of carbonyl (C=O) groups is 2. The number of amides is 2. The van der Waals surface area contributed by atoms with E-state index in [-0.39, 0.29) is 23.9 Å². The van der Waals surface area contributed by atoms with Gasteiger partial charge >= 0.3 is 6.18 Å². The van der Waals surface area contributed by atoms with Crippen LogP contribution in [0.5, 0.6) is 0 Å². The maximum atomic E-state index is 14.3. The van der Waals surface area contributed by atoms with Crippen LogP contribution in [0, 0.1) is 11.8 Å². The Labute approximate surface area is 251 Å². The highest BCUT2D eigenvalue weighted by molar-refractivity contribution is 6.31. The van der Waals surface area contributed by atoms with Gasteiger partial charge in [-0.3, -0.25) is 19.6 Å². The third kappa shape index (κ3) is 4.91. The number of aromatic nitrogens is 4. The van der Waals surface area contributed by atoms with Crippen LogP contribution in [0.4, 0.5) is 30.5 Å². The van der Waals surface area contributed by atoms with Crippen molar-refractivity contribution < 1.29 is 22.8 Å². The molecule has 4 heterocycles. The zero-order chi connectivity index (χ0) is 30.8. The Morgan fingerprint density at radius 3 is 2.67 bits per heavy atom. The molecule has 2 aliphatic rings. The van der Waals surface area contributed by atoms with Gasteiger partial charge in [0, 0.05) is 36.1 Å². The van der Waals surface area contributed by atoms with E-state index < -0.39 is 40.7 Å². The van der Waals surface area contributed by atoms with E-state index in [2.05, 4.69) is 29.4 Å². The number of anilines is 3. The van der Waals surface area contributed by atoms with E-state index in [1.807, 2.05) is 29.8 Å². The smallest absolute Gasteiger partial charge is 0.371 e. The zero-order valence-electron chi connectivity index (χ0n) is 24.0. The second kappa shape index (κ2) is 10.6. The van der Waals surface area contributed by atoms with E-state index in [9.17, 15) is 22.8 Å². The second-order valence-corrected chi connectivity index (χ2v) is 12.1. The number of benzene rings is 2. The largest absolute Gasteiger partial charge is 0.417 e. The van der Waals surface area contributed by atoms with Gasteiger partial charge in [-0.25, -0.2) is 4.68 Å². The Hall–Kier alpha value is -4.06. The first-order chi connectivity index (χ1) is 20.4. The van der Waals surface area contributed by atoms with Crippen molar-refractivity contribution in [1.82, 2.24) is 24.9 Å². The highest BCUT2D eigenvalue weighted by Gasteiger charge is 2.48. The SMILES string of the molecule is CNc1n[nH]c2cc(N3C(=O)C4C[C@H](C)N(C(=O)c5ccc(Cl)c(C(F)(F)F)c5)CC4n4ncc(CC(C)C)c43)ccc12. The van der Waals surface area contributed by atoms with Crippen LogP contribution >= 0.6 is 11.6 Å².